The van der Waals surface area contributed by atoms with Crippen molar-refractivity contribution >= 4 is 30.0 Å². The number of nitrogens with one attached hydrogen (secondary N) is 2. The zero-order valence-corrected chi connectivity index (χ0v) is 14.0. The molecule has 0 saturated carbocycles. The van der Waals surface area contributed by atoms with Gasteiger partial charge in [0.1, 0.15) is 11.6 Å². The molecule has 0 aliphatic heterocycles. The first kappa shape index (κ1) is 17.9. The topological polar surface area (TPSA) is 101 Å². The first-order chi connectivity index (χ1) is 13.1. The lowest BCUT2D eigenvalue weighted by atomic mass is 10.2. The molecule has 0 saturated heterocycles. The lowest BCUT2D eigenvalue weighted by Crippen LogP contribution is -2.03. The Balaban J connectivity index is 1.63. The van der Waals surface area contributed by atoms with Gasteiger partial charge in [0.15, 0.2) is 11.6 Å². The molecule has 1 aromatic heterocycles. The molecule has 0 atom stereocenters. The van der Waals surface area contributed by atoms with Crippen LogP contribution in [-0.4, -0.2) is 22.4 Å². The zero-order valence-electron chi connectivity index (χ0n) is 14.0. The minimum atomic E-state index is -0.319. The van der Waals surface area contributed by atoms with Crippen LogP contribution in [0.15, 0.2) is 64.8 Å². The van der Waals surface area contributed by atoms with Gasteiger partial charge in [-0.1, -0.05) is 24.3 Å². The van der Waals surface area contributed by atoms with Crippen LogP contribution in [0.25, 0.3) is 0 Å². The van der Waals surface area contributed by atoms with Gasteiger partial charge in [0, 0.05) is 6.07 Å². The van der Waals surface area contributed by atoms with Crippen LogP contribution < -0.4 is 16.6 Å². The molecule has 0 aliphatic rings. The smallest absolute Gasteiger partial charge is 0.224 e. The van der Waals surface area contributed by atoms with Gasteiger partial charge in [-0.25, -0.2) is 8.78 Å². The summed E-state index contributed by atoms with van der Waals surface area (Å²) in [6, 6.07) is 13.3. The average molecular weight is 367 g/mol. The number of benzene rings is 2. The summed E-state index contributed by atoms with van der Waals surface area (Å²) < 4.78 is 25.7. The summed E-state index contributed by atoms with van der Waals surface area (Å²) in [7, 11) is 0. The highest BCUT2D eigenvalue weighted by Crippen LogP contribution is 2.12. The number of hydrazone groups is 2. The Labute approximate surface area is 153 Å². The standard InChI is InChI=1S/C18H15F2N7/c19-14-5-1-12(2-6-14)10-22-26-16-9-17(25-18(21)24-16)27-23-11-13-3-7-15(20)8-4-13/h1-11H,(H4,21,24,25,26,27)/b22-10+,23-11+. The minimum absolute atomic E-state index is 0.0245. The van der Waals surface area contributed by atoms with E-state index in [9.17, 15) is 8.78 Å². The maximum absolute atomic E-state index is 12.9. The summed E-state index contributed by atoms with van der Waals surface area (Å²) in [6.45, 7) is 0. The molecule has 1 heterocycles. The quantitative estimate of drug-likeness (QED) is 0.459. The molecule has 0 spiro atoms. The van der Waals surface area contributed by atoms with E-state index < -0.39 is 0 Å². The summed E-state index contributed by atoms with van der Waals surface area (Å²) in [5.41, 5.74) is 12.5. The van der Waals surface area contributed by atoms with Crippen LogP contribution in [0.3, 0.4) is 0 Å². The SMILES string of the molecule is Nc1nc(N/N=C/c2ccc(F)cc2)cc(N/N=C/c2ccc(F)cc2)n1. The molecule has 136 valence electrons. The third-order valence-corrected chi connectivity index (χ3v) is 3.27. The van der Waals surface area contributed by atoms with E-state index in [1.54, 1.807) is 30.3 Å². The normalized spacial score (nSPS) is 11.2. The van der Waals surface area contributed by atoms with Crippen LogP contribution in [-0.2, 0) is 0 Å². The van der Waals surface area contributed by atoms with Crippen molar-refractivity contribution in [2.45, 2.75) is 0 Å². The van der Waals surface area contributed by atoms with Gasteiger partial charge in [0.25, 0.3) is 0 Å². The second kappa shape index (κ2) is 8.48. The second-order valence-corrected chi connectivity index (χ2v) is 5.34. The van der Waals surface area contributed by atoms with Crippen molar-refractivity contribution in [3.63, 3.8) is 0 Å². The van der Waals surface area contributed by atoms with E-state index in [1.165, 1.54) is 36.7 Å². The highest BCUT2D eigenvalue weighted by Gasteiger charge is 2.01. The van der Waals surface area contributed by atoms with E-state index in [2.05, 4.69) is 31.0 Å². The fourth-order valence-electron chi connectivity index (χ4n) is 2.02. The third-order valence-electron chi connectivity index (χ3n) is 3.27. The molecular formula is C18H15F2N7. The molecule has 2 aromatic carbocycles. The Bertz CT molecular complexity index is 879. The zero-order chi connectivity index (χ0) is 19.1. The van der Waals surface area contributed by atoms with Crippen molar-refractivity contribution in [2.75, 3.05) is 16.6 Å². The number of nitrogens with two attached hydrogens (primary N) is 1. The maximum Gasteiger partial charge on any atom is 0.224 e. The van der Waals surface area contributed by atoms with Crippen molar-refractivity contribution in [2.24, 2.45) is 10.2 Å². The largest absolute Gasteiger partial charge is 0.368 e. The lowest BCUT2D eigenvalue weighted by molar-refractivity contribution is 0.627. The summed E-state index contributed by atoms with van der Waals surface area (Å²) in [5.74, 6) is 0.0818. The van der Waals surface area contributed by atoms with Gasteiger partial charge in [0.05, 0.1) is 12.4 Å². The van der Waals surface area contributed by atoms with Crippen LogP contribution in [0.2, 0.25) is 0 Å². The number of hydrogen-bond donors (Lipinski definition) is 3. The van der Waals surface area contributed by atoms with Crippen molar-refractivity contribution in [1.82, 2.24) is 9.97 Å². The van der Waals surface area contributed by atoms with Crippen LogP contribution >= 0.6 is 0 Å². The molecule has 4 N–H and O–H groups in total. The molecule has 0 amide bonds. The van der Waals surface area contributed by atoms with Crippen molar-refractivity contribution in [3.05, 3.63) is 77.4 Å². The minimum Gasteiger partial charge on any atom is -0.368 e. The highest BCUT2D eigenvalue weighted by molar-refractivity contribution is 5.80. The maximum atomic E-state index is 12.9. The Morgan fingerprint density at radius 1 is 0.741 bits per heavy atom. The van der Waals surface area contributed by atoms with Gasteiger partial charge >= 0.3 is 0 Å². The second-order valence-electron chi connectivity index (χ2n) is 5.34. The molecule has 3 aromatic rings. The number of nitrogen functional groups attached to an aromatic ring is 1. The van der Waals surface area contributed by atoms with E-state index in [1.807, 2.05) is 0 Å². The van der Waals surface area contributed by atoms with Crippen molar-refractivity contribution < 1.29 is 8.78 Å². The lowest BCUT2D eigenvalue weighted by Gasteiger charge is -2.04. The van der Waals surface area contributed by atoms with Gasteiger partial charge in [-0.05, 0) is 35.4 Å². The van der Waals surface area contributed by atoms with E-state index >= 15 is 0 Å². The van der Waals surface area contributed by atoms with Crippen LogP contribution in [0.1, 0.15) is 11.1 Å². The number of rotatable bonds is 6. The molecule has 9 heteroatoms. The molecule has 3 rings (SSSR count). The van der Waals surface area contributed by atoms with Gasteiger partial charge in [0.2, 0.25) is 5.95 Å². The van der Waals surface area contributed by atoms with Gasteiger partial charge in [-0.15, -0.1) is 0 Å². The molecule has 0 fully saturated rings. The molecule has 27 heavy (non-hydrogen) atoms. The molecule has 0 bridgehead atoms. The number of hydrogen-bond acceptors (Lipinski definition) is 7. The first-order valence-corrected chi connectivity index (χ1v) is 7.82. The predicted molar refractivity (Wildman–Crippen MR) is 102 cm³/mol. The summed E-state index contributed by atoms with van der Waals surface area (Å²) in [4.78, 5) is 8.01. The Kier molecular flexibility index (Phi) is 5.63. The molecule has 7 nitrogen and oxygen atoms in total. The number of halogens is 2. The van der Waals surface area contributed by atoms with E-state index in [0.29, 0.717) is 22.8 Å². The summed E-state index contributed by atoms with van der Waals surface area (Å²) in [5, 5.41) is 8.03. The number of anilines is 3. The van der Waals surface area contributed by atoms with Crippen LogP contribution in [0.4, 0.5) is 26.4 Å². The molecule has 0 radical (unpaired) electrons. The highest BCUT2D eigenvalue weighted by atomic mass is 19.1. The molecule has 0 unspecified atom stereocenters. The average Bonchev–Trinajstić information content (AvgIpc) is 2.65. The van der Waals surface area contributed by atoms with Crippen LogP contribution in [0, 0.1) is 11.6 Å². The molecular weight excluding hydrogens is 352 g/mol. The first-order valence-electron chi connectivity index (χ1n) is 7.82. The Morgan fingerprint density at radius 2 is 1.15 bits per heavy atom. The van der Waals surface area contributed by atoms with Gasteiger partial charge in [-0.2, -0.15) is 20.2 Å². The fraction of sp³-hybridized carbons (Fsp3) is 0. The fourth-order valence-corrected chi connectivity index (χ4v) is 2.02. The predicted octanol–water partition coefficient (Wildman–Crippen LogP) is 3.23. The third kappa shape index (κ3) is 5.56. The van der Waals surface area contributed by atoms with Gasteiger partial charge < -0.3 is 5.73 Å². The number of aromatic nitrogens is 2. The van der Waals surface area contributed by atoms with E-state index in [4.69, 9.17) is 5.73 Å². The number of nitrogens with zero attached hydrogens (tertiary/aromatic N) is 4. The summed E-state index contributed by atoms with van der Waals surface area (Å²) >= 11 is 0. The van der Waals surface area contributed by atoms with Crippen molar-refractivity contribution in [1.29, 1.82) is 0 Å². The Morgan fingerprint density at radius 3 is 1.56 bits per heavy atom. The molecule has 0 aliphatic carbocycles. The monoisotopic (exact) mass is 367 g/mol. The van der Waals surface area contributed by atoms with Crippen LogP contribution in [0.5, 0.6) is 0 Å². The van der Waals surface area contributed by atoms with E-state index in [-0.39, 0.29) is 17.6 Å². The van der Waals surface area contributed by atoms with Crippen molar-refractivity contribution in [3.8, 4) is 0 Å². The van der Waals surface area contributed by atoms with E-state index in [0.717, 1.165) is 0 Å². The Hall–Kier alpha value is -3.88. The summed E-state index contributed by atoms with van der Waals surface area (Å²) in [6.07, 6.45) is 3.02. The van der Waals surface area contributed by atoms with Gasteiger partial charge in [-0.3, -0.25) is 10.9 Å².